The molecule has 2 aromatic rings. The number of piperidine rings is 1. The van der Waals surface area contributed by atoms with Gasteiger partial charge >= 0.3 is 0 Å². The number of halogens is 2. The van der Waals surface area contributed by atoms with Gasteiger partial charge in [0.25, 0.3) is 0 Å². The highest BCUT2D eigenvalue weighted by Crippen LogP contribution is 2.29. The maximum Gasteiger partial charge on any atom is 0.139 e. The molecule has 7 heteroatoms. The molecule has 0 aliphatic carbocycles. The van der Waals surface area contributed by atoms with Crippen LogP contribution in [0.2, 0.25) is 0 Å². The highest BCUT2D eigenvalue weighted by molar-refractivity contribution is 9.10. The molecule has 1 aromatic carbocycles. The van der Waals surface area contributed by atoms with Gasteiger partial charge < -0.3 is 4.90 Å². The zero-order valence-corrected chi connectivity index (χ0v) is 16.0. The molecule has 1 N–H and O–H groups in total. The van der Waals surface area contributed by atoms with Gasteiger partial charge in [0.05, 0.1) is 9.99 Å². The predicted molar refractivity (Wildman–Crippen MR) is 100 cm³/mol. The maximum atomic E-state index is 13.7. The minimum atomic E-state index is -0.298. The molecule has 0 saturated carbocycles. The number of fused-ring (bicyclic) bond motifs is 1. The van der Waals surface area contributed by atoms with Gasteiger partial charge in [-0.2, -0.15) is 0 Å². The van der Waals surface area contributed by atoms with Crippen molar-refractivity contribution in [2.24, 2.45) is 0 Å². The van der Waals surface area contributed by atoms with E-state index >= 15 is 0 Å². The molecule has 1 aliphatic heterocycles. The minimum absolute atomic E-state index is 0.298. The number of nitrogens with one attached hydrogen (secondary N) is 1. The van der Waals surface area contributed by atoms with E-state index in [-0.39, 0.29) is 5.82 Å². The number of benzene rings is 1. The number of rotatable bonds is 3. The van der Waals surface area contributed by atoms with Crippen molar-refractivity contribution in [3.05, 3.63) is 28.7 Å². The number of hydrogen-bond acceptors (Lipinski definition) is 5. The molecule has 126 valence electrons. The molecule has 3 rings (SSSR count). The molecule has 2 heterocycles. The van der Waals surface area contributed by atoms with Gasteiger partial charge in [0.15, 0.2) is 0 Å². The summed E-state index contributed by atoms with van der Waals surface area (Å²) < 4.78 is 17.5. The van der Waals surface area contributed by atoms with E-state index in [2.05, 4.69) is 35.5 Å². The summed E-state index contributed by atoms with van der Waals surface area (Å²) in [5, 5.41) is 0.885. The number of nitrogens with zero attached hydrogens (tertiary/aromatic N) is 3. The second-order valence-electron chi connectivity index (χ2n) is 5.09. The van der Waals surface area contributed by atoms with E-state index in [0.717, 1.165) is 30.7 Å². The topological polar surface area (TPSA) is 41.0 Å². The monoisotopic (exact) mass is 400 g/mol. The Kier molecular flexibility index (Phi) is 7.05. The van der Waals surface area contributed by atoms with Crippen molar-refractivity contribution in [2.75, 3.05) is 24.2 Å². The van der Waals surface area contributed by atoms with E-state index in [0.29, 0.717) is 16.0 Å². The fourth-order valence-electron chi connectivity index (χ4n) is 2.72. The number of hydrogen-bond donors (Lipinski definition) is 1. The fraction of sp³-hybridized carbons (Fsp3) is 0.500. The van der Waals surface area contributed by atoms with Crippen LogP contribution in [0.25, 0.3) is 10.9 Å². The molecule has 0 amide bonds. The van der Waals surface area contributed by atoms with Crippen LogP contribution in [-0.4, -0.2) is 35.4 Å². The van der Waals surface area contributed by atoms with E-state index in [1.54, 1.807) is 18.0 Å². The molecule has 4 nitrogen and oxygen atoms in total. The summed E-state index contributed by atoms with van der Waals surface area (Å²) in [5.74, 6) is 0.584. The lowest BCUT2D eigenvalue weighted by atomic mass is 10.1. The van der Waals surface area contributed by atoms with Crippen molar-refractivity contribution in [2.45, 2.75) is 32.7 Å². The molecule has 1 aliphatic rings. The lowest BCUT2D eigenvalue weighted by molar-refractivity contribution is 0.483. The van der Waals surface area contributed by atoms with Crippen molar-refractivity contribution in [1.82, 2.24) is 14.7 Å². The number of anilines is 1. The summed E-state index contributed by atoms with van der Waals surface area (Å²) >= 11 is 4.89. The van der Waals surface area contributed by atoms with E-state index in [1.165, 1.54) is 18.8 Å². The van der Waals surface area contributed by atoms with Gasteiger partial charge in [0.2, 0.25) is 0 Å². The Morgan fingerprint density at radius 3 is 2.87 bits per heavy atom. The standard InChI is InChI=1S/C14H16BrFN4S.C2H6/c1-21-19-9-3-2-4-20(7-9)14-10-5-11(15)12(16)6-13(10)17-8-18-14;1-2/h5-6,8-9,19H,2-4,7H2,1H3;1-2H3. The van der Waals surface area contributed by atoms with Gasteiger partial charge in [-0.05, 0) is 41.1 Å². The Bertz CT molecular complexity index is 653. The van der Waals surface area contributed by atoms with Crippen LogP contribution in [0.15, 0.2) is 22.9 Å². The molecule has 1 fully saturated rings. The molecule has 23 heavy (non-hydrogen) atoms. The summed E-state index contributed by atoms with van der Waals surface area (Å²) in [6, 6.07) is 3.67. The maximum absolute atomic E-state index is 13.7. The Hall–Kier alpha value is -0.920. The summed E-state index contributed by atoms with van der Waals surface area (Å²) in [6.07, 6.45) is 5.83. The van der Waals surface area contributed by atoms with Gasteiger partial charge in [-0.3, -0.25) is 4.72 Å². The molecule has 1 atom stereocenters. The summed E-state index contributed by atoms with van der Waals surface area (Å²) in [5.41, 5.74) is 0.639. The van der Waals surface area contributed by atoms with Crippen molar-refractivity contribution >= 4 is 44.6 Å². The second kappa shape index (κ2) is 8.80. The van der Waals surface area contributed by atoms with Gasteiger partial charge in [-0.15, -0.1) is 0 Å². The predicted octanol–water partition coefficient (Wildman–Crippen LogP) is 4.39. The molecule has 0 radical (unpaired) electrons. The van der Waals surface area contributed by atoms with Crippen LogP contribution in [0.5, 0.6) is 0 Å². The minimum Gasteiger partial charge on any atom is -0.354 e. The first kappa shape index (κ1) is 18.4. The highest BCUT2D eigenvalue weighted by atomic mass is 79.9. The smallest absolute Gasteiger partial charge is 0.139 e. The van der Waals surface area contributed by atoms with Gasteiger partial charge in [0, 0.05) is 30.6 Å². The van der Waals surface area contributed by atoms with Gasteiger partial charge in [-0.1, -0.05) is 25.8 Å². The molecule has 1 saturated heterocycles. The third-order valence-corrected chi connectivity index (χ3v) is 4.84. The zero-order valence-electron chi connectivity index (χ0n) is 13.6. The third kappa shape index (κ3) is 4.33. The molecular formula is C16H22BrFN4S. The van der Waals surface area contributed by atoms with E-state index in [4.69, 9.17) is 0 Å². The molecular weight excluding hydrogens is 379 g/mol. The van der Waals surface area contributed by atoms with Crippen LogP contribution in [0, 0.1) is 5.82 Å². The van der Waals surface area contributed by atoms with Crippen LogP contribution in [-0.2, 0) is 0 Å². The lowest BCUT2D eigenvalue weighted by Crippen LogP contribution is -2.44. The van der Waals surface area contributed by atoms with Gasteiger partial charge in [-0.25, -0.2) is 14.4 Å². The van der Waals surface area contributed by atoms with Crippen molar-refractivity contribution < 1.29 is 4.39 Å². The largest absolute Gasteiger partial charge is 0.354 e. The van der Waals surface area contributed by atoms with Crippen LogP contribution >= 0.6 is 27.9 Å². The van der Waals surface area contributed by atoms with Gasteiger partial charge in [0.1, 0.15) is 18.0 Å². The van der Waals surface area contributed by atoms with Crippen molar-refractivity contribution in [3.8, 4) is 0 Å². The lowest BCUT2D eigenvalue weighted by Gasteiger charge is -2.34. The van der Waals surface area contributed by atoms with Crippen molar-refractivity contribution in [1.29, 1.82) is 0 Å². The van der Waals surface area contributed by atoms with E-state index in [9.17, 15) is 4.39 Å². The van der Waals surface area contributed by atoms with Crippen LogP contribution in [0.3, 0.4) is 0 Å². The van der Waals surface area contributed by atoms with Crippen LogP contribution in [0.4, 0.5) is 10.2 Å². The molecule has 1 aromatic heterocycles. The average Bonchev–Trinajstić information content (AvgIpc) is 2.58. The highest BCUT2D eigenvalue weighted by Gasteiger charge is 2.22. The normalized spacial score (nSPS) is 17.8. The first-order valence-electron chi connectivity index (χ1n) is 7.82. The molecule has 1 unspecified atom stereocenters. The SMILES string of the molecule is CC.CSNC1CCCN(c2ncnc3cc(F)c(Br)cc23)C1. The van der Waals surface area contributed by atoms with Crippen LogP contribution < -0.4 is 9.62 Å². The Morgan fingerprint density at radius 2 is 2.13 bits per heavy atom. The first-order chi connectivity index (χ1) is 11.2. The van der Waals surface area contributed by atoms with E-state index < -0.39 is 0 Å². The quantitative estimate of drug-likeness (QED) is 0.773. The second-order valence-corrected chi connectivity index (χ2v) is 6.59. The average molecular weight is 401 g/mol. The van der Waals surface area contributed by atoms with Crippen molar-refractivity contribution in [3.63, 3.8) is 0 Å². The Morgan fingerprint density at radius 1 is 1.35 bits per heavy atom. The summed E-state index contributed by atoms with van der Waals surface area (Å²) in [4.78, 5) is 10.9. The first-order valence-corrected chi connectivity index (χ1v) is 9.84. The summed E-state index contributed by atoms with van der Waals surface area (Å²) in [7, 11) is 0. The summed E-state index contributed by atoms with van der Waals surface area (Å²) in [6.45, 7) is 5.87. The van der Waals surface area contributed by atoms with Crippen LogP contribution in [0.1, 0.15) is 26.7 Å². The third-order valence-electron chi connectivity index (χ3n) is 3.66. The fourth-order valence-corrected chi connectivity index (χ4v) is 3.59. The molecule has 0 bridgehead atoms. The molecule has 0 spiro atoms. The Labute approximate surface area is 149 Å². The zero-order chi connectivity index (χ0) is 16.8. The van der Waals surface area contributed by atoms with E-state index in [1.807, 2.05) is 20.1 Å². The number of aromatic nitrogens is 2. The Balaban J connectivity index is 0.000000924.